The fourth-order valence-electron chi connectivity index (χ4n) is 2.03. The molecule has 1 N–H and O–H groups in total. The summed E-state index contributed by atoms with van der Waals surface area (Å²) < 4.78 is 0. The molecular weight excluding hydrogens is 158 g/mol. The molecule has 0 aromatic rings. The van der Waals surface area contributed by atoms with E-state index in [2.05, 4.69) is 18.2 Å². The Hall–Kier alpha value is -0.480. The van der Waals surface area contributed by atoms with Crippen molar-refractivity contribution in [2.75, 3.05) is 6.54 Å². The van der Waals surface area contributed by atoms with Crippen molar-refractivity contribution < 1.29 is 0 Å². The van der Waals surface area contributed by atoms with Gasteiger partial charge in [-0.2, -0.15) is 0 Å². The van der Waals surface area contributed by atoms with Crippen LogP contribution in [0.15, 0.2) is 0 Å². The lowest BCUT2D eigenvalue weighted by molar-refractivity contribution is 0.219. The lowest BCUT2D eigenvalue weighted by Crippen LogP contribution is -2.39. The maximum absolute atomic E-state index is 5.24. The summed E-state index contributed by atoms with van der Waals surface area (Å²) in [6.07, 6.45) is 12.9. The van der Waals surface area contributed by atoms with E-state index in [-0.39, 0.29) is 0 Å². The van der Waals surface area contributed by atoms with Crippen LogP contribution in [0.2, 0.25) is 0 Å². The van der Waals surface area contributed by atoms with Crippen LogP contribution in [0.25, 0.3) is 0 Å². The van der Waals surface area contributed by atoms with Gasteiger partial charge in [0, 0.05) is 12.5 Å². The van der Waals surface area contributed by atoms with Crippen molar-refractivity contribution in [2.24, 2.45) is 5.92 Å². The topological polar surface area (TPSA) is 12.0 Å². The summed E-state index contributed by atoms with van der Waals surface area (Å²) in [7, 11) is 0. The minimum atomic E-state index is 0.743. The average molecular weight is 179 g/mol. The largest absolute Gasteiger partial charge is 0.314 e. The summed E-state index contributed by atoms with van der Waals surface area (Å²) in [5, 5.41) is 3.57. The van der Waals surface area contributed by atoms with Gasteiger partial charge in [0.2, 0.25) is 0 Å². The number of nitrogens with one attached hydrogen (secondary N) is 1. The molecule has 0 spiro atoms. The standard InChI is InChI=1S/C12H21N/c1-3-5-6-10-12(13-4-2)11-8-7-9-11/h1,11-13H,4-10H2,2H3. The number of rotatable bonds is 6. The SMILES string of the molecule is C#CCCCC(NCC)C1CCC1. The van der Waals surface area contributed by atoms with Crippen LogP contribution in [0, 0.1) is 18.3 Å². The molecule has 0 radical (unpaired) electrons. The van der Waals surface area contributed by atoms with E-state index in [9.17, 15) is 0 Å². The highest BCUT2D eigenvalue weighted by Crippen LogP contribution is 2.31. The molecule has 1 atom stereocenters. The Labute approximate surface area is 82.3 Å². The van der Waals surface area contributed by atoms with Gasteiger partial charge in [0.05, 0.1) is 0 Å². The molecule has 13 heavy (non-hydrogen) atoms. The van der Waals surface area contributed by atoms with Gasteiger partial charge in [-0.05, 0) is 38.1 Å². The zero-order chi connectivity index (χ0) is 9.52. The highest BCUT2D eigenvalue weighted by molar-refractivity contribution is 4.86. The molecule has 1 rings (SSSR count). The van der Waals surface area contributed by atoms with E-state index in [4.69, 9.17) is 6.42 Å². The smallest absolute Gasteiger partial charge is 0.00955 e. The van der Waals surface area contributed by atoms with E-state index in [0.717, 1.165) is 24.9 Å². The van der Waals surface area contributed by atoms with Gasteiger partial charge in [0.15, 0.2) is 0 Å². The van der Waals surface area contributed by atoms with E-state index in [1.54, 1.807) is 0 Å². The van der Waals surface area contributed by atoms with Crippen molar-refractivity contribution in [3.05, 3.63) is 0 Å². The van der Waals surface area contributed by atoms with Gasteiger partial charge in [-0.25, -0.2) is 0 Å². The Morgan fingerprint density at radius 2 is 2.31 bits per heavy atom. The Balaban J connectivity index is 2.17. The number of unbranched alkanes of at least 4 members (excludes halogenated alkanes) is 1. The van der Waals surface area contributed by atoms with E-state index in [1.165, 1.54) is 32.1 Å². The Morgan fingerprint density at radius 3 is 2.77 bits per heavy atom. The van der Waals surface area contributed by atoms with Gasteiger partial charge in [-0.3, -0.25) is 0 Å². The van der Waals surface area contributed by atoms with Crippen LogP contribution in [0.4, 0.5) is 0 Å². The third-order valence-corrected chi connectivity index (χ3v) is 3.02. The van der Waals surface area contributed by atoms with Crippen LogP contribution in [0.5, 0.6) is 0 Å². The molecule has 1 aliphatic rings. The maximum atomic E-state index is 5.24. The lowest BCUT2D eigenvalue weighted by atomic mass is 9.78. The van der Waals surface area contributed by atoms with E-state index >= 15 is 0 Å². The third kappa shape index (κ3) is 3.40. The van der Waals surface area contributed by atoms with Crippen LogP contribution < -0.4 is 5.32 Å². The van der Waals surface area contributed by atoms with Gasteiger partial charge in [-0.1, -0.05) is 13.3 Å². The molecule has 0 aromatic carbocycles. The first-order valence-electron chi connectivity index (χ1n) is 5.55. The molecule has 1 saturated carbocycles. The van der Waals surface area contributed by atoms with E-state index < -0.39 is 0 Å². The van der Waals surface area contributed by atoms with Crippen LogP contribution in [-0.4, -0.2) is 12.6 Å². The Kier molecular flexibility index (Phi) is 4.93. The van der Waals surface area contributed by atoms with Crippen LogP contribution >= 0.6 is 0 Å². The highest BCUT2D eigenvalue weighted by atomic mass is 14.9. The molecule has 1 heteroatoms. The molecule has 0 amide bonds. The van der Waals surface area contributed by atoms with E-state index in [0.29, 0.717) is 0 Å². The molecule has 0 aliphatic heterocycles. The second-order valence-electron chi connectivity index (χ2n) is 3.95. The molecule has 1 fully saturated rings. The molecule has 0 bridgehead atoms. The van der Waals surface area contributed by atoms with Gasteiger partial charge >= 0.3 is 0 Å². The van der Waals surface area contributed by atoms with Crippen molar-refractivity contribution in [1.82, 2.24) is 5.32 Å². The second-order valence-corrected chi connectivity index (χ2v) is 3.95. The molecule has 1 aliphatic carbocycles. The van der Waals surface area contributed by atoms with Crippen LogP contribution in [-0.2, 0) is 0 Å². The molecule has 0 aromatic heterocycles. The van der Waals surface area contributed by atoms with Gasteiger partial charge < -0.3 is 5.32 Å². The van der Waals surface area contributed by atoms with E-state index in [1.807, 2.05) is 0 Å². The van der Waals surface area contributed by atoms with Gasteiger partial charge in [-0.15, -0.1) is 12.3 Å². The third-order valence-electron chi connectivity index (χ3n) is 3.02. The van der Waals surface area contributed by atoms with Gasteiger partial charge in [0.1, 0.15) is 0 Å². The zero-order valence-corrected chi connectivity index (χ0v) is 8.68. The van der Waals surface area contributed by atoms with Crippen molar-refractivity contribution in [3.8, 4) is 12.3 Å². The predicted octanol–water partition coefficient (Wildman–Crippen LogP) is 2.57. The fraction of sp³-hybridized carbons (Fsp3) is 0.833. The number of terminal acetylenes is 1. The number of hydrogen-bond donors (Lipinski definition) is 1. The van der Waals surface area contributed by atoms with Crippen molar-refractivity contribution >= 4 is 0 Å². The summed E-state index contributed by atoms with van der Waals surface area (Å²) in [5.41, 5.74) is 0. The van der Waals surface area contributed by atoms with Crippen LogP contribution in [0.1, 0.15) is 45.4 Å². The molecule has 1 unspecified atom stereocenters. The first-order chi connectivity index (χ1) is 6.38. The zero-order valence-electron chi connectivity index (χ0n) is 8.68. The van der Waals surface area contributed by atoms with Crippen molar-refractivity contribution in [1.29, 1.82) is 0 Å². The second kappa shape index (κ2) is 6.05. The maximum Gasteiger partial charge on any atom is 0.00955 e. The van der Waals surface area contributed by atoms with Crippen molar-refractivity contribution in [3.63, 3.8) is 0 Å². The van der Waals surface area contributed by atoms with Gasteiger partial charge in [0.25, 0.3) is 0 Å². The predicted molar refractivity (Wildman–Crippen MR) is 57.5 cm³/mol. The lowest BCUT2D eigenvalue weighted by Gasteiger charge is -2.34. The minimum Gasteiger partial charge on any atom is -0.314 e. The van der Waals surface area contributed by atoms with Crippen molar-refractivity contribution in [2.45, 2.75) is 51.5 Å². The first-order valence-corrected chi connectivity index (χ1v) is 5.55. The minimum absolute atomic E-state index is 0.743. The first kappa shape index (κ1) is 10.6. The summed E-state index contributed by atoms with van der Waals surface area (Å²) in [4.78, 5) is 0. The van der Waals surface area contributed by atoms with Crippen LogP contribution in [0.3, 0.4) is 0 Å². The molecule has 0 saturated heterocycles. The summed E-state index contributed by atoms with van der Waals surface area (Å²) >= 11 is 0. The normalized spacial score (nSPS) is 19.1. The monoisotopic (exact) mass is 179 g/mol. The quantitative estimate of drug-likeness (QED) is 0.488. The summed E-state index contributed by atoms with van der Waals surface area (Å²) in [6.45, 7) is 3.28. The Morgan fingerprint density at radius 1 is 1.54 bits per heavy atom. The molecule has 1 nitrogen and oxygen atoms in total. The number of hydrogen-bond acceptors (Lipinski definition) is 1. The molecule has 0 heterocycles. The highest BCUT2D eigenvalue weighted by Gasteiger charge is 2.25. The average Bonchev–Trinajstić information content (AvgIpc) is 2.02. The fourth-order valence-corrected chi connectivity index (χ4v) is 2.03. The molecule has 74 valence electrons. The molecular formula is C12H21N. The summed E-state index contributed by atoms with van der Waals surface area (Å²) in [6, 6.07) is 0.743. The Bertz CT molecular complexity index is 164. The summed E-state index contributed by atoms with van der Waals surface area (Å²) in [5.74, 6) is 3.65.